The summed E-state index contributed by atoms with van der Waals surface area (Å²) in [6.45, 7) is 7.79. The van der Waals surface area contributed by atoms with Crippen LogP contribution in [0.25, 0.3) is 12.2 Å². The first-order valence-electron chi connectivity index (χ1n) is 9.58. The van der Waals surface area contributed by atoms with Crippen molar-refractivity contribution >= 4 is 17.9 Å². The first-order valence-corrected chi connectivity index (χ1v) is 9.58. The lowest BCUT2D eigenvalue weighted by molar-refractivity contribution is 0.103. The molecule has 0 amide bonds. The molecular formula is C25H26O4. The minimum atomic E-state index is -0.573. The third-order valence-corrected chi connectivity index (χ3v) is 4.70. The zero-order chi connectivity index (χ0) is 21.2. The number of phenolic OH excluding ortho intramolecular Hbond substituents is 2. The highest BCUT2D eigenvalue weighted by atomic mass is 16.5. The molecule has 0 saturated heterocycles. The van der Waals surface area contributed by atoms with E-state index in [0.29, 0.717) is 28.9 Å². The highest BCUT2D eigenvalue weighted by Crippen LogP contribution is 2.42. The van der Waals surface area contributed by atoms with E-state index in [0.717, 1.165) is 11.1 Å². The van der Waals surface area contributed by atoms with Crippen LogP contribution in [0.1, 0.15) is 54.7 Å². The Balaban J connectivity index is 2.05. The van der Waals surface area contributed by atoms with E-state index < -0.39 is 5.60 Å². The Bertz CT molecular complexity index is 1020. The van der Waals surface area contributed by atoms with Gasteiger partial charge in [-0.1, -0.05) is 29.9 Å². The summed E-state index contributed by atoms with van der Waals surface area (Å²) in [7, 11) is 0. The fourth-order valence-electron chi connectivity index (χ4n) is 3.08. The molecule has 0 fully saturated rings. The fourth-order valence-corrected chi connectivity index (χ4v) is 3.08. The van der Waals surface area contributed by atoms with Crippen LogP contribution in [0.15, 0.2) is 54.1 Å². The third-order valence-electron chi connectivity index (χ3n) is 4.70. The summed E-state index contributed by atoms with van der Waals surface area (Å²) in [5.74, 6) is 0.505. The first kappa shape index (κ1) is 20.5. The Hall–Kier alpha value is -3.27. The topological polar surface area (TPSA) is 66.8 Å². The molecule has 2 aromatic carbocycles. The smallest absolute Gasteiger partial charge is 0.189 e. The average molecular weight is 390 g/mol. The van der Waals surface area contributed by atoms with Crippen LogP contribution in [0.4, 0.5) is 0 Å². The van der Waals surface area contributed by atoms with Crippen molar-refractivity contribution in [2.24, 2.45) is 0 Å². The van der Waals surface area contributed by atoms with E-state index >= 15 is 0 Å². The Morgan fingerprint density at radius 1 is 1.14 bits per heavy atom. The molecule has 2 aromatic rings. The van der Waals surface area contributed by atoms with Crippen LogP contribution in [0.5, 0.6) is 17.2 Å². The molecule has 0 bridgehead atoms. The van der Waals surface area contributed by atoms with Crippen LogP contribution in [0, 0.1) is 0 Å². The van der Waals surface area contributed by atoms with Gasteiger partial charge >= 0.3 is 0 Å². The van der Waals surface area contributed by atoms with E-state index in [1.54, 1.807) is 36.4 Å². The Morgan fingerprint density at radius 3 is 2.48 bits per heavy atom. The Labute approximate surface area is 171 Å². The molecule has 0 aromatic heterocycles. The van der Waals surface area contributed by atoms with Gasteiger partial charge in [-0.05, 0) is 81.7 Å². The van der Waals surface area contributed by atoms with Crippen molar-refractivity contribution in [2.45, 2.75) is 39.7 Å². The molecule has 0 radical (unpaired) electrons. The standard InChI is InChI=1S/C25H26O4/c1-16(2)5-9-18-15-21(22(27)12-8-17-6-10-19(26)11-7-17)24-20(23(18)28)13-14-25(3,4)29-24/h5-8,10-15,26,28H,9H2,1-4H3/b12-8+. The minimum absolute atomic E-state index is 0.142. The predicted molar refractivity (Wildman–Crippen MR) is 116 cm³/mol. The van der Waals surface area contributed by atoms with Gasteiger partial charge in [0.1, 0.15) is 22.8 Å². The summed E-state index contributed by atoms with van der Waals surface area (Å²) in [6, 6.07) is 8.31. The molecule has 0 unspecified atom stereocenters. The quantitative estimate of drug-likeness (QED) is 0.391. The lowest BCUT2D eigenvalue weighted by Crippen LogP contribution is -2.28. The number of hydrogen-bond donors (Lipinski definition) is 2. The Morgan fingerprint density at radius 2 is 1.83 bits per heavy atom. The van der Waals surface area contributed by atoms with E-state index in [9.17, 15) is 15.0 Å². The molecule has 3 rings (SSSR count). The lowest BCUT2D eigenvalue weighted by Gasteiger charge is -2.30. The molecule has 1 heterocycles. The monoisotopic (exact) mass is 390 g/mol. The van der Waals surface area contributed by atoms with Gasteiger partial charge in [0.2, 0.25) is 0 Å². The number of ketones is 1. The second kappa shape index (κ2) is 8.00. The normalized spacial score (nSPS) is 14.3. The molecule has 150 valence electrons. The molecule has 2 N–H and O–H groups in total. The number of fused-ring (bicyclic) bond motifs is 1. The van der Waals surface area contributed by atoms with Gasteiger partial charge in [0.15, 0.2) is 5.78 Å². The first-order chi connectivity index (χ1) is 13.7. The number of benzene rings is 2. The SMILES string of the molecule is CC(C)=CCc1cc(C(=O)/C=C/c2ccc(O)cc2)c2c(c1O)C=CC(C)(C)O2. The van der Waals surface area contributed by atoms with Crippen molar-refractivity contribution in [1.82, 2.24) is 0 Å². The highest BCUT2D eigenvalue weighted by Gasteiger charge is 2.29. The maximum atomic E-state index is 13.0. The second-order valence-corrected chi connectivity index (χ2v) is 7.99. The number of hydrogen-bond acceptors (Lipinski definition) is 4. The lowest BCUT2D eigenvalue weighted by atomic mass is 9.93. The van der Waals surface area contributed by atoms with Crippen molar-refractivity contribution in [1.29, 1.82) is 0 Å². The van der Waals surface area contributed by atoms with Gasteiger partial charge in [-0.3, -0.25) is 4.79 Å². The summed E-state index contributed by atoms with van der Waals surface area (Å²) in [5, 5.41) is 20.1. The van der Waals surface area contributed by atoms with Gasteiger partial charge in [-0.25, -0.2) is 0 Å². The van der Waals surface area contributed by atoms with Crippen LogP contribution < -0.4 is 4.74 Å². The van der Waals surface area contributed by atoms with Crippen LogP contribution in [-0.2, 0) is 6.42 Å². The van der Waals surface area contributed by atoms with Crippen molar-refractivity contribution in [3.05, 3.63) is 76.4 Å². The molecule has 1 aliphatic heterocycles. The maximum absolute atomic E-state index is 13.0. The van der Waals surface area contributed by atoms with Gasteiger partial charge in [0.25, 0.3) is 0 Å². The average Bonchev–Trinajstić information content (AvgIpc) is 2.66. The molecule has 4 nitrogen and oxygen atoms in total. The van der Waals surface area contributed by atoms with Crippen molar-refractivity contribution in [2.75, 3.05) is 0 Å². The van der Waals surface area contributed by atoms with Crippen LogP contribution in [-0.4, -0.2) is 21.6 Å². The number of carbonyl (C=O) groups is 1. The van der Waals surface area contributed by atoms with Crippen molar-refractivity contribution in [3.63, 3.8) is 0 Å². The fraction of sp³-hybridized carbons (Fsp3) is 0.240. The second-order valence-electron chi connectivity index (χ2n) is 7.99. The van der Waals surface area contributed by atoms with Crippen LogP contribution in [0.2, 0.25) is 0 Å². The third kappa shape index (κ3) is 4.77. The number of phenols is 2. The highest BCUT2D eigenvalue weighted by molar-refractivity contribution is 6.10. The zero-order valence-corrected chi connectivity index (χ0v) is 17.2. The summed E-state index contributed by atoms with van der Waals surface area (Å²) < 4.78 is 6.05. The van der Waals surface area contributed by atoms with Crippen molar-refractivity contribution in [3.8, 4) is 17.2 Å². The number of rotatable bonds is 5. The molecule has 29 heavy (non-hydrogen) atoms. The summed E-state index contributed by atoms with van der Waals surface area (Å²) in [4.78, 5) is 13.0. The van der Waals surface area contributed by atoms with E-state index in [-0.39, 0.29) is 17.3 Å². The van der Waals surface area contributed by atoms with Gasteiger partial charge in [0, 0.05) is 0 Å². The number of ether oxygens (including phenoxy) is 1. The minimum Gasteiger partial charge on any atom is -0.508 e. The largest absolute Gasteiger partial charge is 0.508 e. The van der Waals surface area contributed by atoms with E-state index in [2.05, 4.69) is 0 Å². The number of aromatic hydroxyl groups is 2. The maximum Gasteiger partial charge on any atom is 0.189 e. The van der Waals surface area contributed by atoms with E-state index in [1.807, 2.05) is 45.9 Å². The molecule has 1 aliphatic rings. The van der Waals surface area contributed by atoms with Gasteiger partial charge in [-0.15, -0.1) is 0 Å². The van der Waals surface area contributed by atoms with Gasteiger partial charge in [0.05, 0.1) is 11.1 Å². The molecule has 0 saturated carbocycles. The van der Waals surface area contributed by atoms with Crippen LogP contribution in [0.3, 0.4) is 0 Å². The van der Waals surface area contributed by atoms with Gasteiger partial charge in [-0.2, -0.15) is 0 Å². The summed E-state index contributed by atoms with van der Waals surface area (Å²) >= 11 is 0. The molecular weight excluding hydrogens is 364 g/mol. The summed E-state index contributed by atoms with van der Waals surface area (Å²) in [5.41, 5.74) is 2.99. The van der Waals surface area contributed by atoms with E-state index in [1.165, 1.54) is 6.08 Å². The number of allylic oxidation sites excluding steroid dienone is 3. The zero-order valence-electron chi connectivity index (χ0n) is 17.2. The number of carbonyl (C=O) groups excluding carboxylic acids is 1. The van der Waals surface area contributed by atoms with Crippen molar-refractivity contribution < 1.29 is 19.7 Å². The van der Waals surface area contributed by atoms with Crippen LogP contribution >= 0.6 is 0 Å². The molecule has 0 atom stereocenters. The molecule has 0 aliphatic carbocycles. The predicted octanol–water partition coefficient (Wildman–Crippen LogP) is 5.69. The van der Waals surface area contributed by atoms with E-state index in [4.69, 9.17) is 4.74 Å². The summed E-state index contributed by atoms with van der Waals surface area (Å²) in [6.07, 6.45) is 9.42. The molecule has 4 heteroatoms. The Kier molecular flexibility index (Phi) is 5.64. The van der Waals surface area contributed by atoms with Gasteiger partial charge < -0.3 is 14.9 Å². The molecule has 0 spiro atoms.